The molecule has 10 aliphatic rings. The van der Waals surface area contributed by atoms with Gasteiger partial charge in [-0.05, 0) is 13.8 Å². The maximum Gasteiger partial charge on any atom is 0.187 e. The summed E-state index contributed by atoms with van der Waals surface area (Å²) in [6, 6.07) is 0. The van der Waals surface area contributed by atoms with Crippen LogP contribution >= 0.6 is 0 Å². The van der Waals surface area contributed by atoms with Gasteiger partial charge in [0.1, 0.15) is 232 Å². The van der Waals surface area contributed by atoms with E-state index in [9.17, 15) is 153 Å². The van der Waals surface area contributed by atoms with Crippen LogP contribution in [0.15, 0.2) is 0 Å². The second-order valence-corrected chi connectivity index (χ2v) is 28.0. The van der Waals surface area contributed by atoms with Crippen molar-refractivity contribution in [3.8, 4) is 0 Å². The normalized spacial score (nSPS) is 54.5. The van der Waals surface area contributed by atoms with Crippen LogP contribution in [0.5, 0.6) is 0 Å². The Hall–Kier alpha value is -1.96. The molecule has 0 aromatic heterocycles. The van der Waals surface area contributed by atoms with Crippen molar-refractivity contribution >= 4 is 0 Å². The van der Waals surface area contributed by atoms with E-state index in [0.29, 0.717) is 0 Å². The largest absolute Gasteiger partial charge is 0.394 e. The number of aliphatic hydroxyl groups is 30. The molecule has 10 fully saturated rings. The summed E-state index contributed by atoms with van der Waals surface area (Å²) in [6.45, 7) is -6.31. The van der Waals surface area contributed by atoms with Crippen LogP contribution in [0.2, 0.25) is 0 Å². The van der Waals surface area contributed by atoms with Crippen molar-refractivity contribution in [3.63, 3.8) is 0 Å². The molecule has 0 aromatic rings. The van der Waals surface area contributed by atoms with E-state index in [1.807, 2.05) is 0 Å². The predicted molar refractivity (Wildman–Crippen MR) is 327 cm³/mol. The maximum absolute atomic E-state index is 12.3. The first kappa shape index (κ1) is 89.4. The molecule has 109 heavy (non-hydrogen) atoms. The zero-order chi connectivity index (χ0) is 80.0. The van der Waals surface area contributed by atoms with E-state index in [0.717, 1.165) is 0 Å². The molecule has 49 nitrogen and oxygen atoms in total. The third-order valence-corrected chi connectivity index (χ3v) is 20.8. The maximum atomic E-state index is 12.3. The van der Waals surface area contributed by atoms with Crippen LogP contribution < -0.4 is 0 Å². The highest BCUT2D eigenvalue weighted by Gasteiger charge is 2.62. The Morgan fingerprint density at radius 1 is 0.165 bits per heavy atom. The van der Waals surface area contributed by atoms with Crippen LogP contribution in [-0.2, 0) is 90.0 Å². The quantitative estimate of drug-likeness (QED) is 0.0382. The lowest BCUT2D eigenvalue weighted by molar-refractivity contribution is -0.415. The van der Waals surface area contributed by atoms with Crippen molar-refractivity contribution in [2.24, 2.45) is 0 Å². The first-order valence-corrected chi connectivity index (χ1v) is 34.9. The Bertz CT molecular complexity index is 2750. The van der Waals surface area contributed by atoms with Crippen LogP contribution in [-0.4, -0.2) is 513 Å². The molecule has 0 aliphatic carbocycles. The Kier molecular flexibility index (Phi) is 31.3. The van der Waals surface area contributed by atoms with Crippen LogP contribution in [0.25, 0.3) is 0 Å². The molecule has 0 aromatic carbocycles. The third-order valence-electron chi connectivity index (χ3n) is 20.8. The highest BCUT2D eigenvalue weighted by Crippen LogP contribution is 2.41. The highest BCUT2D eigenvalue weighted by molar-refractivity contribution is 5.04. The van der Waals surface area contributed by atoms with E-state index < -0.39 is 360 Å². The second kappa shape index (κ2) is 38.2. The Balaban J connectivity index is 0.892. The Labute approximate surface area is 615 Å². The molecular weight excluding hydrogens is 1500 g/mol. The average Bonchev–Trinajstić information content (AvgIpc) is 0.766. The number of hydrogen-bond acceptors (Lipinski definition) is 49. The van der Waals surface area contributed by atoms with Gasteiger partial charge >= 0.3 is 0 Å². The summed E-state index contributed by atoms with van der Waals surface area (Å²) in [5.74, 6) is 0. The molecular formula is C60H102O49. The topological polar surface area (TPSA) is 782 Å². The van der Waals surface area contributed by atoms with Gasteiger partial charge in [0.25, 0.3) is 0 Å². The van der Waals surface area contributed by atoms with E-state index in [1.165, 1.54) is 13.8 Å². The van der Waals surface area contributed by atoms with Crippen LogP contribution in [0.3, 0.4) is 0 Å². The van der Waals surface area contributed by atoms with E-state index in [2.05, 4.69) is 0 Å². The first-order chi connectivity index (χ1) is 51.6. The molecule has 10 saturated heterocycles. The van der Waals surface area contributed by atoms with Gasteiger partial charge in [-0.15, -0.1) is 0 Å². The molecule has 636 valence electrons. The summed E-state index contributed by atoms with van der Waals surface area (Å²) in [4.78, 5) is 0. The lowest BCUT2D eigenvalue weighted by Crippen LogP contribution is -2.69. The van der Waals surface area contributed by atoms with Crippen molar-refractivity contribution in [1.29, 1.82) is 0 Å². The van der Waals surface area contributed by atoms with Crippen molar-refractivity contribution in [1.82, 2.24) is 0 Å². The minimum absolute atomic E-state index is 0.901. The van der Waals surface area contributed by atoms with Gasteiger partial charge in [-0.3, -0.25) is 0 Å². The zero-order valence-corrected chi connectivity index (χ0v) is 57.7. The molecule has 0 spiro atoms. The minimum atomic E-state index is -2.50. The number of rotatable bonds is 26. The summed E-state index contributed by atoms with van der Waals surface area (Å²) in [7, 11) is 0. The molecule has 0 radical (unpaired) electrons. The van der Waals surface area contributed by atoms with Crippen molar-refractivity contribution in [3.05, 3.63) is 0 Å². The molecule has 49 heteroatoms. The second-order valence-electron chi connectivity index (χ2n) is 28.0. The van der Waals surface area contributed by atoms with Crippen LogP contribution in [0.1, 0.15) is 13.8 Å². The molecule has 30 N–H and O–H groups in total. The lowest BCUT2D eigenvalue weighted by Gasteiger charge is -2.51. The fourth-order valence-corrected chi connectivity index (χ4v) is 14.3. The van der Waals surface area contributed by atoms with Gasteiger partial charge in [0.05, 0.1) is 65.1 Å². The number of aliphatic hydroxyl groups excluding tert-OH is 30. The van der Waals surface area contributed by atoms with Gasteiger partial charge < -0.3 is 243 Å². The monoisotopic (exact) mass is 1610 g/mol. The van der Waals surface area contributed by atoms with Crippen LogP contribution in [0, 0.1) is 0 Å². The van der Waals surface area contributed by atoms with Crippen molar-refractivity contribution < 1.29 is 243 Å². The Morgan fingerprint density at radius 2 is 0.367 bits per heavy atom. The summed E-state index contributed by atoms with van der Waals surface area (Å²) >= 11 is 0. The van der Waals surface area contributed by atoms with Gasteiger partial charge in [0.15, 0.2) is 62.9 Å². The standard InChI is InChI=1S/C60H102O49/c1-11-21(69)42(37(85)54(91-11)103-44-26(74)16(6-64)93-51(90)36(44)84)101-57-41(89)47(29(77)19(9-67)97-57)106-60-50(109-53-35(83)32(80)24(72)14(4-62)95-53)48(30(78)20(10-68)100-60)107-58-39(87)45(27(75)17(7-65)98-58)104-55-38(86)43(22(70)12(2)92-55)102-56-40(88)46(28(76)18(8-66)96-56)105-59-49(33(81)25(73)15(5-63)99-59)108-52-34(82)31(79)23(71)13(3-61)94-52/h11-90H,3-10H2,1-2H3/t11-,12-,13+,14+,15+,16+,17+,18+,19+,20+,21-,22-,23+,24+,25+,26+,27+,28+,29+,30+,31-,32-,33-,34-,35-,36+,37+,38+,39+,40-,41-,42+,43+,44-,45-,46-,47-,48-,49-,50-,51+,52+,53+,54-,55-,56-,57-,58-,59-,60-/m0/s1. The smallest absolute Gasteiger partial charge is 0.187 e. The van der Waals surface area contributed by atoms with Gasteiger partial charge in [0, 0.05) is 0 Å². The molecule has 10 rings (SSSR count). The van der Waals surface area contributed by atoms with E-state index >= 15 is 0 Å². The summed E-state index contributed by atoms with van der Waals surface area (Å²) in [6.07, 6.45) is -105. The van der Waals surface area contributed by atoms with Gasteiger partial charge in [0.2, 0.25) is 0 Å². The lowest BCUT2D eigenvalue weighted by atomic mass is 9.94. The van der Waals surface area contributed by atoms with E-state index in [4.69, 9.17) is 90.0 Å². The molecule has 0 amide bonds. The summed E-state index contributed by atoms with van der Waals surface area (Å²) < 4.78 is 109. The summed E-state index contributed by atoms with van der Waals surface area (Å²) in [5.41, 5.74) is 0. The Morgan fingerprint density at radius 3 is 0.688 bits per heavy atom. The van der Waals surface area contributed by atoms with Crippen molar-refractivity contribution in [2.75, 3.05) is 52.9 Å². The van der Waals surface area contributed by atoms with E-state index in [1.54, 1.807) is 0 Å². The van der Waals surface area contributed by atoms with E-state index in [-0.39, 0.29) is 0 Å². The molecule has 0 saturated carbocycles. The summed E-state index contributed by atoms with van der Waals surface area (Å²) in [5, 5.41) is 331. The number of hydrogen-bond donors (Lipinski definition) is 30. The molecule has 0 bridgehead atoms. The van der Waals surface area contributed by atoms with Gasteiger partial charge in [-0.25, -0.2) is 0 Å². The first-order valence-electron chi connectivity index (χ1n) is 34.9. The molecule has 10 aliphatic heterocycles. The fraction of sp³-hybridized carbons (Fsp3) is 1.00. The molecule has 50 atom stereocenters. The third kappa shape index (κ3) is 18.4. The SMILES string of the molecule is C[C@@H]1O[C@@H](O[C@@H]2[C@@H](O)[C@H](O)O[C@H](CO)[C@H]2O)[C@H](O)[C@H](O[C@@H]2O[C@H](CO)[C@@H](O)[C@H](O[C@@H]3O[C@H](CO)[C@@H](O)[C@H](O[C@@H]4O[C@H](CO)[C@@H](O)[C@H](O[C@@H]5O[C@@H](C)[C@H](O)[C@@H](O[C@@H]6O[C@H](CO)[C@@H](O)[C@H](O[C@@H]7O[C@H](CO)[C@@H](O)[C@H](O)[C@@H]7O[C@H]7O[C@H](CO)[C@@H](O)[C@H](O)[C@@H]7O)[C@@H]6O)[C@H]5O)[C@H]4O)[C@@H]3O[C@H]3O[C@H](CO)[C@@H](O)[C@H](O)[C@@H]3O)[C@@H]2O)[C@H]1O. The van der Waals surface area contributed by atoms with Crippen molar-refractivity contribution in [2.45, 2.75) is 321 Å². The van der Waals surface area contributed by atoms with Crippen LogP contribution in [0.4, 0.5) is 0 Å². The van der Waals surface area contributed by atoms with Gasteiger partial charge in [-0.1, -0.05) is 0 Å². The zero-order valence-electron chi connectivity index (χ0n) is 57.7. The average molecular weight is 1610 g/mol. The molecule has 0 unspecified atom stereocenters. The minimum Gasteiger partial charge on any atom is -0.394 e. The number of ether oxygens (including phenoxy) is 19. The predicted octanol–water partition coefficient (Wildman–Crippen LogP) is -20.7. The van der Waals surface area contributed by atoms with Gasteiger partial charge in [-0.2, -0.15) is 0 Å². The highest BCUT2D eigenvalue weighted by atomic mass is 16.8. The molecule has 10 heterocycles. The fourth-order valence-electron chi connectivity index (χ4n) is 14.3.